The minimum atomic E-state index is 0.609. The lowest BCUT2D eigenvalue weighted by molar-refractivity contribution is 1.33. The highest BCUT2D eigenvalue weighted by Crippen LogP contribution is 2.01. The third kappa shape index (κ3) is 1.77. The Morgan fingerprint density at radius 2 is 2.00 bits per heavy atom. The largest absolute Gasteiger partial charge is 0.265 e. The van der Waals surface area contributed by atoms with Gasteiger partial charge in [0, 0.05) is 18.0 Å². The van der Waals surface area contributed by atoms with Crippen LogP contribution in [-0.4, -0.2) is 9.18 Å². The molecule has 0 bridgehead atoms. The van der Waals surface area contributed by atoms with Gasteiger partial charge in [0.2, 0.25) is 0 Å². The maximum atomic E-state index is 4.80. The summed E-state index contributed by atoms with van der Waals surface area (Å²) in [5.74, 6) is 0. The summed E-state index contributed by atoms with van der Waals surface area (Å²) in [4.78, 5) is 3.83. The third-order valence-corrected chi connectivity index (χ3v) is 1.42. The van der Waals surface area contributed by atoms with E-state index in [0.29, 0.717) is 4.20 Å². The van der Waals surface area contributed by atoms with Gasteiger partial charge in [-0.05, 0) is 12.1 Å². The van der Waals surface area contributed by atoms with Gasteiger partial charge in [0.25, 0.3) is 0 Å². The smallest absolute Gasteiger partial charge is 0.0748 e. The fourth-order valence-corrected chi connectivity index (χ4v) is 0.780. The predicted molar refractivity (Wildman–Crippen MR) is 44.9 cm³/mol. The first-order chi connectivity index (χ1) is 4.30. The number of hydrogen-bond acceptors (Lipinski definition) is 2. The molecule has 9 heavy (non-hydrogen) atoms. The molecule has 1 heterocycles. The first kappa shape index (κ1) is 6.71. The van der Waals surface area contributed by atoms with Gasteiger partial charge < -0.3 is 0 Å². The van der Waals surface area contributed by atoms with Crippen molar-refractivity contribution in [3.8, 4) is 0 Å². The van der Waals surface area contributed by atoms with E-state index in [4.69, 9.17) is 12.2 Å². The SMILES string of the molecule is S=C(S)c1ccncc1. The highest BCUT2D eigenvalue weighted by Gasteiger charge is 1.90. The summed E-state index contributed by atoms with van der Waals surface area (Å²) in [6.07, 6.45) is 3.38. The second-order valence-corrected chi connectivity index (χ2v) is 2.70. The second-order valence-electron chi connectivity index (χ2n) is 1.54. The van der Waals surface area contributed by atoms with Crippen LogP contribution in [0.5, 0.6) is 0 Å². The summed E-state index contributed by atoms with van der Waals surface area (Å²) in [5, 5.41) is 0. The van der Waals surface area contributed by atoms with Crippen LogP contribution in [-0.2, 0) is 0 Å². The Morgan fingerprint density at radius 1 is 1.44 bits per heavy atom. The molecule has 0 amide bonds. The monoisotopic (exact) mass is 155 g/mol. The molecule has 1 aromatic heterocycles. The van der Waals surface area contributed by atoms with Gasteiger partial charge >= 0.3 is 0 Å². The van der Waals surface area contributed by atoms with Gasteiger partial charge in [0.15, 0.2) is 0 Å². The van der Waals surface area contributed by atoms with Crippen molar-refractivity contribution >= 4 is 29.0 Å². The molecule has 0 radical (unpaired) electrons. The summed E-state index contributed by atoms with van der Waals surface area (Å²) < 4.78 is 0.609. The van der Waals surface area contributed by atoms with E-state index in [2.05, 4.69) is 17.6 Å². The van der Waals surface area contributed by atoms with Crippen molar-refractivity contribution in [2.75, 3.05) is 0 Å². The molecular weight excluding hydrogens is 150 g/mol. The van der Waals surface area contributed by atoms with Crippen molar-refractivity contribution < 1.29 is 0 Å². The zero-order valence-electron chi connectivity index (χ0n) is 4.61. The van der Waals surface area contributed by atoms with Gasteiger partial charge in [0.1, 0.15) is 0 Å². The molecule has 3 heteroatoms. The van der Waals surface area contributed by atoms with Crippen molar-refractivity contribution in [2.24, 2.45) is 0 Å². The van der Waals surface area contributed by atoms with E-state index in [1.807, 2.05) is 12.1 Å². The minimum Gasteiger partial charge on any atom is -0.265 e. The molecule has 0 N–H and O–H groups in total. The first-order valence-electron chi connectivity index (χ1n) is 2.44. The van der Waals surface area contributed by atoms with Crippen LogP contribution in [0, 0.1) is 0 Å². The van der Waals surface area contributed by atoms with E-state index in [9.17, 15) is 0 Å². The molecule has 0 saturated heterocycles. The molecular formula is C6H5NS2. The maximum Gasteiger partial charge on any atom is 0.0748 e. The number of hydrogen-bond donors (Lipinski definition) is 1. The summed E-state index contributed by atoms with van der Waals surface area (Å²) in [6.45, 7) is 0. The highest BCUT2D eigenvalue weighted by atomic mass is 32.1. The van der Waals surface area contributed by atoms with Crippen LogP contribution in [0.3, 0.4) is 0 Å². The van der Waals surface area contributed by atoms with Crippen molar-refractivity contribution in [3.05, 3.63) is 30.1 Å². The first-order valence-corrected chi connectivity index (χ1v) is 3.29. The van der Waals surface area contributed by atoms with Crippen LogP contribution in [0.2, 0.25) is 0 Å². The van der Waals surface area contributed by atoms with E-state index >= 15 is 0 Å². The molecule has 46 valence electrons. The van der Waals surface area contributed by atoms with Gasteiger partial charge in [-0.2, -0.15) is 0 Å². The van der Waals surface area contributed by atoms with E-state index < -0.39 is 0 Å². The van der Waals surface area contributed by atoms with Crippen LogP contribution in [0.4, 0.5) is 0 Å². The molecule has 0 aliphatic rings. The van der Waals surface area contributed by atoms with Crippen molar-refractivity contribution in [1.29, 1.82) is 0 Å². The summed E-state index contributed by atoms with van der Waals surface area (Å²) in [7, 11) is 0. The van der Waals surface area contributed by atoms with Crippen molar-refractivity contribution in [3.63, 3.8) is 0 Å². The van der Waals surface area contributed by atoms with Crippen LogP contribution in [0.25, 0.3) is 0 Å². The number of aromatic nitrogens is 1. The van der Waals surface area contributed by atoms with Gasteiger partial charge in [-0.25, -0.2) is 0 Å². The van der Waals surface area contributed by atoms with Crippen molar-refractivity contribution in [1.82, 2.24) is 4.98 Å². The number of nitrogens with zero attached hydrogens (tertiary/aromatic N) is 1. The normalized spacial score (nSPS) is 9.00. The zero-order chi connectivity index (χ0) is 6.69. The molecule has 1 rings (SSSR count). The molecule has 0 spiro atoms. The van der Waals surface area contributed by atoms with E-state index in [1.165, 1.54) is 0 Å². The van der Waals surface area contributed by atoms with Crippen LogP contribution in [0.1, 0.15) is 5.56 Å². The molecule has 0 aromatic carbocycles. The number of thiol groups is 1. The Bertz CT molecular complexity index is 208. The molecule has 0 fully saturated rings. The summed E-state index contributed by atoms with van der Waals surface area (Å²) >= 11 is 8.79. The minimum absolute atomic E-state index is 0.609. The molecule has 0 saturated carbocycles. The van der Waals surface area contributed by atoms with Crippen LogP contribution >= 0.6 is 24.8 Å². The fourth-order valence-electron chi connectivity index (χ4n) is 0.494. The second kappa shape index (κ2) is 2.94. The number of pyridine rings is 1. The maximum absolute atomic E-state index is 4.80. The quantitative estimate of drug-likeness (QED) is 0.489. The summed E-state index contributed by atoms with van der Waals surface area (Å²) in [6, 6.07) is 3.66. The van der Waals surface area contributed by atoms with Crippen LogP contribution in [0.15, 0.2) is 24.5 Å². The Balaban J connectivity index is 2.98. The Hall–Kier alpha value is -0.410. The number of thiocarbonyl (C=S) groups is 1. The van der Waals surface area contributed by atoms with Crippen LogP contribution < -0.4 is 0 Å². The lowest BCUT2D eigenvalue weighted by atomic mass is 10.3. The molecule has 0 aliphatic heterocycles. The topological polar surface area (TPSA) is 12.9 Å². The molecule has 1 aromatic rings. The Kier molecular flexibility index (Phi) is 2.19. The Labute approximate surface area is 64.5 Å². The lowest BCUT2D eigenvalue weighted by Gasteiger charge is -1.91. The van der Waals surface area contributed by atoms with E-state index in [1.54, 1.807) is 12.4 Å². The zero-order valence-corrected chi connectivity index (χ0v) is 6.32. The Morgan fingerprint density at radius 3 is 2.33 bits per heavy atom. The average molecular weight is 155 g/mol. The van der Waals surface area contributed by atoms with Crippen molar-refractivity contribution in [2.45, 2.75) is 0 Å². The average Bonchev–Trinajstić information content (AvgIpc) is 1.90. The molecule has 0 aliphatic carbocycles. The van der Waals surface area contributed by atoms with Gasteiger partial charge in [0.05, 0.1) is 4.20 Å². The number of rotatable bonds is 1. The van der Waals surface area contributed by atoms with Gasteiger partial charge in [-0.3, -0.25) is 4.98 Å². The van der Waals surface area contributed by atoms with E-state index in [-0.39, 0.29) is 0 Å². The lowest BCUT2D eigenvalue weighted by Crippen LogP contribution is -1.84. The predicted octanol–water partition coefficient (Wildman–Crippen LogP) is 1.69. The molecule has 0 unspecified atom stereocenters. The van der Waals surface area contributed by atoms with E-state index in [0.717, 1.165) is 5.56 Å². The van der Waals surface area contributed by atoms with Gasteiger partial charge in [-0.15, -0.1) is 12.6 Å². The highest BCUT2D eigenvalue weighted by molar-refractivity contribution is 8.11. The standard InChI is InChI=1S/C6H5NS2/c8-6(9)5-1-3-7-4-2-5/h1-4H,(H,8,9). The summed E-state index contributed by atoms with van der Waals surface area (Å²) in [5.41, 5.74) is 0.948. The molecule has 0 atom stereocenters. The fraction of sp³-hybridized carbons (Fsp3) is 0. The third-order valence-electron chi connectivity index (χ3n) is 0.927. The molecule has 1 nitrogen and oxygen atoms in total. The van der Waals surface area contributed by atoms with Gasteiger partial charge in [-0.1, -0.05) is 12.2 Å².